The van der Waals surface area contributed by atoms with Crippen molar-refractivity contribution < 1.29 is 5.11 Å². The molecule has 0 aromatic heterocycles. The lowest BCUT2D eigenvalue weighted by Crippen LogP contribution is -2.28. The van der Waals surface area contributed by atoms with Crippen molar-refractivity contribution in [2.24, 2.45) is 0 Å². The molecule has 1 aliphatic rings. The van der Waals surface area contributed by atoms with E-state index in [1.165, 1.54) is 19.3 Å². The molecule has 0 aliphatic carbocycles. The zero-order chi connectivity index (χ0) is 9.03. The van der Waals surface area contributed by atoms with Crippen LogP contribution in [-0.2, 0) is 0 Å². The van der Waals surface area contributed by atoms with Crippen molar-refractivity contribution in [2.45, 2.75) is 56.8 Å². The maximum Gasteiger partial charge on any atom is 0.0748 e. The second-order valence-electron chi connectivity index (χ2n) is 4.01. The first-order valence-electron chi connectivity index (χ1n) is 5.00. The topological polar surface area (TPSA) is 20.2 Å². The first-order valence-corrected chi connectivity index (χ1v) is 6.05. The maximum absolute atomic E-state index is 10.1. The summed E-state index contributed by atoms with van der Waals surface area (Å²) in [5.41, 5.74) is -0.320. The van der Waals surface area contributed by atoms with E-state index in [0.717, 1.165) is 18.6 Å². The summed E-state index contributed by atoms with van der Waals surface area (Å²) in [5.74, 6) is 0.956. The van der Waals surface area contributed by atoms with Crippen LogP contribution in [0.15, 0.2) is 0 Å². The predicted molar refractivity (Wildman–Crippen MR) is 55.6 cm³/mol. The summed E-state index contributed by atoms with van der Waals surface area (Å²) in [6.07, 6.45) is 5.72. The molecule has 1 rings (SSSR count). The molecule has 0 amide bonds. The highest BCUT2D eigenvalue weighted by atomic mass is 32.2. The lowest BCUT2D eigenvalue weighted by atomic mass is 9.94. The molecule has 1 fully saturated rings. The van der Waals surface area contributed by atoms with Gasteiger partial charge in [-0.2, -0.15) is 11.8 Å². The van der Waals surface area contributed by atoms with Crippen molar-refractivity contribution in [1.29, 1.82) is 0 Å². The van der Waals surface area contributed by atoms with Crippen LogP contribution in [0, 0.1) is 0 Å². The third-order valence-corrected chi connectivity index (χ3v) is 3.99. The Morgan fingerprint density at radius 3 is 2.75 bits per heavy atom. The Hall–Kier alpha value is 0.310. The Labute approximate surface area is 79.9 Å². The lowest BCUT2D eigenvalue weighted by molar-refractivity contribution is 0.0520. The van der Waals surface area contributed by atoms with E-state index in [0.29, 0.717) is 5.25 Å². The van der Waals surface area contributed by atoms with Crippen LogP contribution >= 0.6 is 11.8 Å². The molecule has 2 atom stereocenters. The first kappa shape index (κ1) is 10.4. The van der Waals surface area contributed by atoms with Crippen molar-refractivity contribution in [2.75, 3.05) is 5.75 Å². The maximum atomic E-state index is 10.1. The average molecular weight is 188 g/mol. The Kier molecular flexibility index (Phi) is 3.91. The van der Waals surface area contributed by atoms with E-state index in [1.807, 2.05) is 11.8 Å². The van der Waals surface area contributed by atoms with Crippen molar-refractivity contribution in [3.8, 4) is 0 Å². The highest BCUT2D eigenvalue weighted by molar-refractivity contribution is 8.00. The first-order chi connectivity index (χ1) is 5.66. The summed E-state index contributed by atoms with van der Waals surface area (Å²) in [6, 6.07) is 0. The molecule has 1 N–H and O–H groups in total. The summed E-state index contributed by atoms with van der Waals surface area (Å²) in [7, 11) is 0. The summed E-state index contributed by atoms with van der Waals surface area (Å²) in [5, 5.41) is 10.7. The van der Waals surface area contributed by atoms with Crippen molar-refractivity contribution >= 4 is 11.8 Å². The van der Waals surface area contributed by atoms with Crippen LogP contribution in [-0.4, -0.2) is 21.7 Å². The number of hydrogen-bond acceptors (Lipinski definition) is 2. The molecule has 1 heterocycles. The summed E-state index contributed by atoms with van der Waals surface area (Å²) < 4.78 is 0. The fraction of sp³-hybridized carbons (Fsp3) is 1.00. The molecule has 2 unspecified atom stereocenters. The fourth-order valence-electron chi connectivity index (χ4n) is 1.83. The summed E-state index contributed by atoms with van der Waals surface area (Å²) in [6.45, 7) is 4.42. The lowest BCUT2D eigenvalue weighted by Gasteiger charge is -2.21. The van der Waals surface area contributed by atoms with Gasteiger partial charge >= 0.3 is 0 Å². The Morgan fingerprint density at radius 1 is 1.50 bits per heavy atom. The van der Waals surface area contributed by atoms with Gasteiger partial charge in [0.25, 0.3) is 0 Å². The zero-order valence-electron chi connectivity index (χ0n) is 8.18. The van der Waals surface area contributed by atoms with Gasteiger partial charge in [0.15, 0.2) is 0 Å². The number of hydrogen-bond donors (Lipinski definition) is 1. The molecule has 0 saturated carbocycles. The standard InChI is InChI=1S/C10H20OS/c1-3-4-5-6-10(11)7-9(2)12-8-10/h9,11H,3-8H2,1-2H3. The molecular formula is C10H20OS. The van der Waals surface area contributed by atoms with Gasteiger partial charge in [-0.05, 0) is 12.8 Å². The quantitative estimate of drug-likeness (QED) is 0.685. The molecule has 12 heavy (non-hydrogen) atoms. The van der Waals surface area contributed by atoms with E-state index in [-0.39, 0.29) is 5.60 Å². The van der Waals surface area contributed by atoms with Crippen LogP contribution < -0.4 is 0 Å². The molecule has 1 saturated heterocycles. The Balaban J connectivity index is 2.21. The summed E-state index contributed by atoms with van der Waals surface area (Å²) >= 11 is 1.91. The SMILES string of the molecule is CCCCCC1(O)CSC(C)C1. The van der Waals surface area contributed by atoms with Crippen LogP contribution in [0.25, 0.3) is 0 Å². The minimum atomic E-state index is -0.320. The van der Waals surface area contributed by atoms with E-state index in [2.05, 4.69) is 13.8 Å². The molecule has 1 aliphatic heterocycles. The largest absolute Gasteiger partial charge is 0.389 e. The molecule has 2 heteroatoms. The van der Waals surface area contributed by atoms with E-state index in [1.54, 1.807) is 0 Å². The summed E-state index contributed by atoms with van der Waals surface area (Å²) in [4.78, 5) is 0. The molecule has 0 aromatic rings. The molecule has 1 nitrogen and oxygen atoms in total. The highest BCUT2D eigenvalue weighted by Gasteiger charge is 2.34. The molecule has 0 spiro atoms. The molecule has 0 radical (unpaired) electrons. The number of aliphatic hydroxyl groups is 1. The third kappa shape index (κ3) is 2.98. The van der Waals surface area contributed by atoms with Crippen LogP contribution in [0.3, 0.4) is 0 Å². The van der Waals surface area contributed by atoms with Gasteiger partial charge in [0.2, 0.25) is 0 Å². The number of thioether (sulfide) groups is 1. The van der Waals surface area contributed by atoms with Crippen molar-refractivity contribution in [3.63, 3.8) is 0 Å². The van der Waals surface area contributed by atoms with Gasteiger partial charge in [0.05, 0.1) is 5.60 Å². The normalized spacial score (nSPS) is 35.8. The number of rotatable bonds is 4. The van der Waals surface area contributed by atoms with Crippen LogP contribution in [0.4, 0.5) is 0 Å². The van der Waals surface area contributed by atoms with Crippen LogP contribution in [0.5, 0.6) is 0 Å². The Bertz CT molecular complexity index is 138. The minimum Gasteiger partial charge on any atom is -0.389 e. The minimum absolute atomic E-state index is 0.320. The average Bonchev–Trinajstić information content (AvgIpc) is 2.32. The van der Waals surface area contributed by atoms with E-state index in [4.69, 9.17) is 0 Å². The van der Waals surface area contributed by atoms with E-state index in [9.17, 15) is 5.11 Å². The molecule has 0 aromatic carbocycles. The van der Waals surface area contributed by atoms with E-state index >= 15 is 0 Å². The van der Waals surface area contributed by atoms with Gasteiger partial charge in [-0.1, -0.05) is 33.1 Å². The van der Waals surface area contributed by atoms with Gasteiger partial charge in [-0.3, -0.25) is 0 Å². The van der Waals surface area contributed by atoms with Gasteiger partial charge in [0, 0.05) is 11.0 Å². The fourth-order valence-corrected chi connectivity index (χ4v) is 3.11. The van der Waals surface area contributed by atoms with Crippen molar-refractivity contribution in [1.82, 2.24) is 0 Å². The molecule has 0 bridgehead atoms. The van der Waals surface area contributed by atoms with Crippen LogP contribution in [0.2, 0.25) is 0 Å². The van der Waals surface area contributed by atoms with Crippen LogP contribution in [0.1, 0.15) is 46.0 Å². The Morgan fingerprint density at radius 2 is 2.25 bits per heavy atom. The van der Waals surface area contributed by atoms with E-state index < -0.39 is 0 Å². The van der Waals surface area contributed by atoms with Gasteiger partial charge in [-0.25, -0.2) is 0 Å². The second-order valence-corrected chi connectivity index (χ2v) is 5.43. The molecular weight excluding hydrogens is 168 g/mol. The number of unbranched alkanes of at least 4 members (excludes halogenated alkanes) is 2. The second kappa shape index (κ2) is 4.52. The van der Waals surface area contributed by atoms with Gasteiger partial charge < -0.3 is 5.11 Å². The highest BCUT2D eigenvalue weighted by Crippen LogP contribution is 2.37. The predicted octanol–water partition coefficient (Wildman–Crippen LogP) is 2.82. The zero-order valence-corrected chi connectivity index (χ0v) is 8.99. The third-order valence-electron chi connectivity index (χ3n) is 2.55. The monoisotopic (exact) mass is 188 g/mol. The van der Waals surface area contributed by atoms with Gasteiger partial charge in [-0.15, -0.1) is 0 Å². The van der Waals surface area contributed by atoms with Crippen molar-refractivity contribution in [3.05, 3.63) is 0 Å². The molecule has 72 valence electrons. The van der Waals surface area contributed by atoms with Gasteiger partial charge in [0.1, 0.15) is 0 Å². The smallest absolute Gasteiger partial charge is 0.0748 e.